The average Bonchev–Trinajstić information content (AvgIpc) is 3.02. The molecule has 1 rings (SSSR count). The molecule has 0 amide bonds. The van der Waals surface area contributed by atoms with E-state index in [9.17, 15) is 14.7 Å². The van der Waals surface area contributed by atoms with E-state index in [1.807, 2.05) is 0 Å². The first-order valence-corrected chi connectivity index (χ1v) is 8.90. The van der Waals surface area contributed by atoms with Crippen molar-refractivity contribution in [1.82, 2.24) is 0 Å². The number of carboxylic acid groups (broad SMARTS) is 1. The number of rotatable bonds is 10. The minimum Gasteiger partial charge on any atom is -0.481 e. The Hall–Kier alpha value is -1.06. The highest BCUT2D eigenvalue weighted by atomic mass is 16.5. The maximum atomic E-state index is 12.9. The van der Waals surface area contributed by atoms with E-state index >= 15 is 0 Å². The van der Waals surface area contributed by atoms with Crippen molar-refractivity contribution >= 4 is 11.9 Å². The first-order chi connectivity index (χ1) is 10.5. The van der Waals surface area contributed by atoms with Gasteiger partial charge in [0.1, 0.15) is 0 Å². The van der Waals surface area contributed by atoms with Crippen molar-refractivity contribution in [3.63, 3.8) is 0 Å². The topological polar surface area (TPSA) is 63.6 Å². The van der Waals surface area contributed by atoms with Crippen molar-refractivity contribution in [1.29, 1.82) is 0 Å². The zero-order chi connectivity index (χ0) is 16.6. The van der Waals surface area contributed by atoms with Crippen molar-refractivity contribution in [2.24, 2.45) is 17.3 Å². The lowest BCUT2D eigenvalue weighted by molar-refractivity contribution is -0.172. The summed E-state index contributed by atoms with van der Waals surface area (Å²) in [4.78, 5) is 24.6. The molecule has 22 heavy (non-hydrogen) atoms. The molecule has 0 aliphatic heterocycles. The predicted molar refractivity (Wildman–Crippen MR) is 86.6 cm³/mol. The molecular formula is C18H32O4. The Morgan fingerprint density at radius 1 is 1.18 bits per heavy atom. The second-order valence-corrected chi connectivity index (χ2v) is 6.67. The normalized spacial score (nSPS) is 19.6. The van der Waals surface area contributed by atoms with E-state index in [1.54, 1.807) is 6.92 Å². The van der Waals surface area contributed by atoms with Crippen LogP contribution in [0.5, 0.6) is 0 Å². The number of hydrogen-bond acceptors (Lipinski definition) is 3. The minimum absolute atomic E-state index is 0.152. The monoisotopic (exact) mass is 312 g/mol. The van der Waals surface area contributed by atoms with Crippen LogP contribution in [-0.4, -0.2) is 23.7 Å². The van der Waals surface area contributed by atoms with Crippen LogP contribution in [0.15, 0.2) is 0 Å². The molecule has 1 fully saturated rings. The van der Waals surface area contributed by atoms with Gasteiger partial charge in [-0.3, -0.25) is 9.59 Å². The summed E-state index contributed by atoms with van der Waals surface area (Å²) in [5, 5.41) is 9.59. The Kier molecular flexibility index (Phi) is 7.91. The van der Waals surface area contributed by atoms with Crippen LogP contribution in [0.1, 0.15) is 78.6 Å². The predicted octanol–water partition coefficient (Wildman–Crippen LogP) is 4.42. The molecule has 0 saturated heterocycles. The fraction of sp³-hybridized carbons (Fsp3) is 0.889. The molecule has 4 nitrogen and oxygen atoms in total. The average molecular weight is 312 g/mol. The Labute approximate surface area is 134 Å². The van der Waals surface area contributed by atoms with Gasteiger partial charge in [0.2, 0.25) is 0 Å². The van der Waals surface area contributed by atoms with Crippen molar-refractivity contribution in [2.75, 3.05) is 6.61 Å². The molecule has 1 saturated carbocycles. The fourth-order valence-corrected chi connectivity index (χ4v) is 3.79. The lowest BCUT2D eigenvalue weighted by Gasteiger charge is -2.40. The molecule has 0 aromatic rings. The summed E-state index contributed by atoms with van der Waals surface area (Å²) in [6.07, 6.45) is 8.34. The smallest absolute Gasteiger partial charge is 0.313 e. The maximum absolute atomic E-state index is 12.9. The van der Waals surface area contributed by atoms with Crippen LogP contribution in [-0.2, 0) is 14.3 Å². The Morgan fingerprint density at radius 2 is 1.77 bits per heavy atom. The zero-order valence-electron chi connectivity index (χ0n) is 14.4. The van der Waals surface area contributed by atoms with Crippen LogP contribution in [0, 0.1) is 17.3 Å². The molecule has 2 unspecified atom stereocenters. The molecule has 0 spiro atoms. The van der Waals surface area contributed by atoms with E-state index in [0.717, 1.165) is 51.4 Å². The van der Waals surface area contributed by atoms with E-state index in [1.165, 1.54) is 0 Å². The van der Waals surface area contributed by atoms with Gasteiger partial charge in [-0.2, -0.15) is 0 Å². The molecule has 1 N–H and O–H groups in total. The van der Waals surface area contributed by atoms with E-state index < -0.39 is 17.3 Å². The summed E-state index contributed by atoms with van der Waals surface area (Å²) in [5.41, 5.74) is -0.841. The SMILES string of the molecule is CCCCOC(=O)C(CCCC)(C1CCCC1)C(C)C(=O)O. The molecule has 0 heterocycles. The number of carboxylic acids is 1. The second-order valence-electron chi connectivity index (χ2n) is 6.67. The highest BCUT2D eigenvalue weighted by Gasteiger charge is 2.53. The number of hydrogen-bond donors (Lipinski definition) is 1. The van der Waals surface area contributed by atoms with Gasteiger partial charge in [-0.25, -0.2) is 0 Å². The van der Waals surface area contributed by atoms with Crippen molar-refractivity contribution < 1.29 is 19.4 Å². The summed E-state index contributed by atoms with van der Waals surface area (Å²) in [6, 6.07) is 0. The molecule has 0 radical (unpaired) electrons. The summed E-state index contributed by atoms with van der Waals surface area (Å²) >= 11 is 0. The minimum atomic E-state index is -0.879. The highest BCUT2D eigenvalue weighted by molar-refractivity contribution is 5.84. The quantitative estimate of drug-likeness (QED) is 0.479. The van der Waals surface area contributed by atoms with Crippen LogP contribution in [0.25, 0.3) is 0 Å². The van der Waals surface area contributed by atoms with E-state index in [-0.39, 0.29) is 11.9 Å². The Bertz CT molecular complexity index is 360. The molecule has 1 aliphatic rings. The molecule has 0 aromatic heterocycles. The largest absolute Gasteiger partial charge is 0.481 e. The van der Waals surface area contributed by atoms with Gasteiger partial charge in [0.05, 0.1) is 17.9 Å². The number of ether oxygens (including phenoxy) is 1. The van der Waals surface area contributed by atoms with Gasteiger partial charge in [-0.15, -0.1) is 0 Å². The van der Waals surface area contributed by atoms with Gasteiger partial charge in [0.15, 0.2) is 0 Å². The van der Waals surface area contributed by atoms with Crippen LogP contribution in [0.4, 0.5) is 0 Å². The van der Waals surface area contributed by atoms with Gasteiger partial charge < -0.3 is 9.84 Å². The number of carbonyl (C=O) groups excluding carboxylic acids is 1. The van der Waals surface area contributed by atoms with Crippen molar-refractivity contribution in [3.05, 3.63) is 0 Å². The number of carbonyl (C=O) groups is 2. The third kappa shape index (κ3) is 4.23. The van der Waals surface area contributed by atoms with E-state index in [2.05, 4.69) is 13.8 Å². The van der Waals surface area contributed by atoms with Gasteiger partial charge >= 0.3 is 11.9 Å². The number of aliphatic carboxylic acids is 1. The van der Waals surface area contributed by atoms with Crippen LogP contribution < -0.4 is 0 Å². The van der Waals surface area contributed by atoms with Gasteiger partial charge in [0.25, 0.3) is 0 Å². The number of esters is 1. The summed E-state index contributed by atoms with van der Waals surface area (Å²) in [6.45, 7) is 6.22. The lowest BCUT2D eigenvalue weighted by Crippen LogP contribution is -2.47. The van der Waals surface area contributed by atoms with Crippen LogP contribution in [0.2, 0.25) is 0 Å². The molecule has 2 atom stereocenters. The van der Waals surface area contributed by atoms with Crippen molar-refractivity contribution in [2.45, 2.75) is 78.6 Å². The standard InChI is InChI=1S/C18H32O4/c1-4-6-12-18(14(3)16(19)20,15-10-8-9-11-15)17(21)22-13-7-5-2/h14-15H,4-13H2,1-3H3,(H,19,20). The zero-order valence-corrected chi connectivity index (χ0v) is 14.4. The Balaban J connectivity index is 3.05. The highest BCUT2D eigenvalue weighted by Crippen LogP contribution is 2.49. The summed E-state index contributed by atoms with van der Waals surface area (Å²) in [5.74, 6) is -1.68. The molecule has 0 aromatic carbocycles. The third-order valence-corrected chi connectivity index (χ3v) is 5.28. The lowest BCUT2D eigenvalue weighted by atomic mass is 9.63. The van der Waals surface area contributed by atoms with E-state index in [0.29, 0.717) is 13.0 Å². The molecular weight excluding hydrogens is 280 g/mol. The molecule has 0 bridgehead atoms. The Morgan fingerprint density at radius 3 is 2.27 bits per heavy atom. The maximum Gasteiger partial charge on any atom is 0.313 e. The first kappa shape index (κ1) is 19.0. The van der Waals surface area contributed by atoms with Crippen molar-refractivity contribution in [3.8, 4) is 0 Å². The molecule has 4 heteroatoms. The first-order valence-electron chi connectivity index (χ1n) is 8.90. The van der Waals surface area contributed by atoms with Crippen LogP contribution >= 0.6 is 0 Å². The summed E-state index contributed by atoms with van der Waals surface area (Å²) < 4.78 is 5.53. The van der Waals surface area contributed by atoms with Crippen LogP contribution in [0.3, 0.4) is 0 Å². The number of unbranched alkanes of at least 4 members (excludes halogenated alkanes) is 2. The molecule has 1 aliphatic carbocycles. The summed E-state index contributed by atoms with van der Waals surface area (Å²) in [7, 11) is 0. The van der Waals surface area contributed by atoms with Gasteiger partial charge in [0, 0.05) is 0 Å². The second kappa shape index (κ2) is 9.16. The molecule has 128 valence electrons. The fourth-order valence-electron chi connectivity index (χ4n) is 3.79. The van der Waals surface area contributed by atoms with Gasteiger partial charge in [-0.1, -0.05) is 52.9 Å². The van der Waals surface area contributed by atoms with E-state index in [4.69, 9.17) is 4.74 Å². The van der Waals surface area contributed by atoms with Gasteiger partial charge in [-0.05, 0) is 31.6 Å². The third-order valence-electron chi connectivity index (χ3n) is 5.28.